The molecule has 1 atom stereocenters. The lowest BCUT2D eigenvalue weighted by atomic mass is 10.4. The van der Waals surface area contributed by atoms with E-state index in [-0.39, 0.29) is 5.25 Å². The fourth-order valence-electron chi connectivity index (χ4n) is 1.37. The van der Waals surface area contributed by atoms with Crippen molar-refractivity contribution in [1.82, 2.24) is 4.90 Å². The van der Waals surface area contributed by atoms with E-state index in [0.29, 0.717) is 5.91 Å². The van der Waals surface area contributed by atoms with Gasteiger partial charge in [0.15, 0.2) is 0 Å². The smallest absolute Gasteiger partial charge is 0.235 e. The van der Waals surface area contributed by atoms with Crippen molar-refractivity contribution in [3.05, 3.63) is 0 Å². The highest BCUT2D eigenvalue weighted by molar-refractivity contribution is 8.00. The van der Waals surface area contributed by atoms with Crippen molar-refractivity contribution in [3.8, 4) is 0 Å². The molecule has 0 spiro atoms. The molecule has 1 aliphatic heterocycles. The Bertz CT molecular complexity index is 175. The Hall–Kier alpha value is -0.220. The van der Waals surface area contributed by atoms with Crippen LogP contribution in [0.1, 0.15) is 12.8 Å². The average Bonchev–Trinajstić information content (AvgIpc) is 2.43. The quantitative estimate of drug-likeness (QED) is 0.624. The van der Waals surface area contributed by atoms with Gasteiger partial charge in [0.25, 0.3) is 0 Å². The van der Waals surface area contributed by atoms with Crippen LogP contribution in [0.2, 0.25) is 0 Å². The number of thioether (sulfide) groups is 1. The van der Waals surface area contributed by atoms with Gasteiger partial charge in [0.2, 0.25) is 5.91 Å². The normalized spacial score (nSPS) is 22.8. The number of methoxy groups -OCH3 is 1. The Labute approximate surface area is 83.8 Å². The topological polar surface area (TPSA) is 29.5 Å². The zero-order valence-corrected chi connectivity index (χ0v) is 9.10. The standard InChI is InChI=1S/C9H17NO2S/c1-10-5-4-8(9(10)11)13-7-3-6-12-2/h8H,3-7H2,1-2H3/t8-/m0/s1. The number of ether oxygens (including phenoxy) is 1. The van der Waals surface area contributed by atoms with E-state index >= 15 is 0 Å². The van der Waals surface area contributed by atoms with Gasteiger partial charge >= 0.3 is 0 Å². The van der Waals surface area contributed by atoms with E-state index in [1.807, 2.05) is 11.9 Å². The minimum atomic E-state index is 0.210. The predicted octanol–water partition coefficient (Wildman–Crippen LogP) is 0.987. The molecule has 1 fully saturated rings. The average molecular weight is 203 g/mol. The number of likely N-dealkylation sites (tertiary alicyclic amines) is 1. The zero-order valence-electron chi connectivity index (χ0n) is 8.28. The van der Waals surface area contributed by atoms with Crippen molar-refractivity contribution in [2.24, 2.45) is 0 Å². The predicted molar refractivity (Wildman–Crippen MR) is 55.0 cm³/mol. The van der Waals surface area contributed by atoms with Crippen LogP contribution in [0.25, 0.3) is 0 Å². The van der Waals surface area contributed by atoms with Gasteiger partial charge in [-0.2, -0.15) is 0 Å². The van der Waals surface area contributed by atoms with Crippen molar-refractivity contribution in [1.29, 1.82) is 0 Å². The number of carbonyl (C=O) groups excluding carboxylic acids is 1. The lowest BCUT2D eigenvalue weighted by Gasteiger charge is -2.09. The molecule has 0 N–H and O–H groups in total. The molecule has 1 aliphatic rings. The van der Waals surface area contributed by atoms with Gasteiger partial charge in [0, 0.05) is 27.3 Å². The molecule has 1 heterocycles. The van der Waals surface area contributed by atoms with E-state index in [1.54, 1.807) is 18.9 Å². The molecule has 0 aliphatic carbocycles. The van der Waals surface area contributed by atoms with Gasteiger partial charge in [-0.1, -0.05) is 0 Å². The Balaban J connectivity index is 2.12. The van der Waals surface area contributed by atoms with E-state index in [4.69, 9.17) is 4.74 Å². The molecule has 0 aromatic heterocycles. The monoisotopic (exact) mass is 203 g/mol. The molecule has 1 amide bonds. The first-order chi connectivity index (χ1) is 6.25. The first kappa shape index (κ1) is 10.9. The molecule has 0 unspecified atom stereocenters. The maximum absolute atomic E-state index is 11.4. The number of amides is 1. The van der Waals surface area contributed by atoms with Gasteiger partial charge in [0.05, 0.1) is 5.25 Å². The van der Waals surface area contributed by atoms with Crippen LogP contribution < -0.4 is 0 Å². The molecule has 13 heavy (non-hydrogen) atoms. The fourth-order valence-corrected chi connectivity index (χ4v) is 2.54. The minimum Gasteiger partial charge on any atom is -0.385 e. The summed E-state index contributed by atoms with van der Waals surface area (Å²) >= 11 is 1.76. The summed E-state index contributed by atoms with van der Waals surface area (Å²) in [6.07, 6.45) is 2.04. The lowest BCUT2D eigenvalue weighted by Crippen LogP contribution is -2.24. The van der Waals surface area contributed by atoms with Gasteiger partial charge < -0.3 is 9.64 Å². The third-order valence-electron chi connectivity index (χ3n) is 2.19. The number of carbonyl (C=O) groups is 1. The maximum Gasteiger partial charge on any atom is 0.235 e. The third-order valence-corrected chi connectivity index (χ3v) is 3.55. The van der Waals surface area contributed by atoms with E-state index in [0.717, 1.165) is 31.7 Å². The van der Waals surface area contributed by atoms with Crippen LogP contribution in [-0.4, -0.2) is 49.1 Å². The lowest BCUT2D eigenvalue weighted by molar-refractivity contribution is -0.126. The third kappa shape index (κ3) is 3.19. The molecule has 0 bridgehead atoms. The summed E-state index contributed by atoms with van der Waals surface area (Å²) in [6, 6.07) is 0. The van der Waals surface area contributed by atoms with Crippen LogP contribution in [0.5, 0.6) is 0 Å². The number of hydrogen-bond donors (Lipinski definition) is 0. The first-order valence-electron chi connectivity index (χ1n) is 4.61. The van der Waals surface area contributed by atoms with Crippen molar-refractivity contribution < 1.29 is 9.53 Å². The van der Waals surface area contributed by atoms with Crippen molar-refractivity contribution >= 4 is 17.7 Å². The Morgan fingerprint density at radius 1 is 1.69 bits per heavy atom. The van der Waals surface area contributed by atoms with Crippen LogP contribution >= 0.6 is 11.8 Å². The number of rotatable bonds is 5. The van der Waals surface area contributed by atoms with Crippen LogP contribution in [0.4, 0.5) is 0 Å². The van der Waals surface area contributed by atoms with Crippen LogP contribution in [0, 0.1) is 0 Å². The van der Waals surface area contributed by atoms with Crippen LogP contribution in [0.15, 0.2) is 0 Å². The number of nitrogens with zero attached hydrogens (tertiary/aromatic N) is 1. The molecule has 3 nitrogen and oxygen atoms in total. The van der Waals surface area contributed by atoms with Crippen LogP contribution in [0.3, 0.4) is 0 Å². The largest absolute Gasteiger partial charge is 0.385 e. The van der Waals surface area contributed by atoms with Crippen LogP contribution in [-0.2, 0) is 9.53 Å². The van der Waals surface area contributed by atoms with Crippen molar-refractivity contribution in [2.75, 3.05) is 33.1 Å². The Morgan fingerprint density at radius 3 is 3.00 bits per heavy atom. The highest BCUT2D eigenvalue weighted by Crippen LogP contribution is 2.23. The van der Waals surface area contributed by atoms with E-state index in [1.165, 1.54) is 0 Å². The molecule has 1 saturated heterocycles. The number of hydrogen-bond acceptors (Lipinski definition) is 3. The molecule has 0 saturated carbocycles. The Morgan fingerprint density at radius 2 is 2.46 bits per heavy atom. The second kappa shape index (κ2) is 5.50. The van der Waals surface area contributed by atoms with Gasteiger partial charge in [-0.3, -0.25) is 4.79 Å². The molecular formula is C9H17NO2S. The summed E-state index contributed by atoms with van der Waals surface area (Å²) < 4.78 is 4.95. The summed E-state index contributed by atoms with van der Waals surface area (Å²) in [5.41, 5.74) is 0. The zero-order chi connectivity index (χ0) is 9.68. The summed E-state index contributed by atoms with van der Waals surface area (Å²) in [6.45, 7) is 1.71. The van der Waals surface area contributed by atoms with E-state index in [9.17, 15) is 4.79 Å². The summed E-state index contributed by atoms with van der Waals surface area (Å²) in [5.74, 6) is 1.32. The second-order valence-corrected chi connectivity index (χ2v) is 4.56. The van der Waals surface area contributed by atoms with Gasteiger partial charge in [-0.15, -0.1) is 11.8 Å². The van der Waals surface area contributed by atoms with Gasteiger partial charge in [0.1, 0.15) is 0 Å². The van der Waals surface area contributed by atoms with Gasteiger partial charge in [-0.25, -0.2) is 0 Å². The summed E-state index contributed by atoms with van der Waals surface area (Å²) in [4.78, 5) is 13.3. The molecule has 4 heteroatoms. The molecule has 1 rings (SSSR count). The SMILES string of the molecule is COCCCS[C@H]1CCN(C)C1=O. The molecular weight excluding hydrogens is 186 g/mol. The van der Waals surface area contributed by atoms with E-state index < -0.39 is 0 Å². The van der Waals surface area contributed by atoms with Crippen molar-refractivity contribution in [3.63, 3.8) is 0 Å². The highest BCUT2D eigenvalue weighted by Gasteiger charge is 2.28. The second-order valence-electron chi connectivity index (χ2n) is 3.25. The highest BCUT2D eigenvalue weighted by atomic mass is 32.2. The van der Waals surface area contributed by atoms with Crippen molar-refractivity contribution in [2.45, 2.75) is 18.1 Å². The first-order valence-corrected chi connectivity index (χ1v) is 5.66. The molecule has 0 radical (unpaired) electrons. The molecule has 76 valence electrons. The maximum atomic E-state index is 11.4. The fraction of sp³-hybridized carbons (Fsp3) is 0.889. The summed E-state index contributed by atoms with van der Waals surface area (Å²) in [5, 5.41) is 0.210. The van der Waals surface area contributed by atoms with Gasteiger partial charge in [-0.05, 0) is 18.6 Å². The Kier molecular flexibility index (Phi) is 4.59. The minimum absolute atomic E-state index is 0.210. The molecule has 0 aromatic rings. The van der Waals surface area contributed by atoms with E-state index in [2.05, 4.69) is 0 Å². The summed E-state index contributed by atoms with van der Waals surface area (Å²) in [7, 11) is 3.58. The molecule has 0 aromatic carbocycles.